The lowest BCUT2D eigenvalue weighted by Crippen LogP contribution is -2.43. The van der Waals surface area contributed by atoms with Crippen LogP contribution in [-0.4, -0.2) is 27.8 Å². The van der Waals surface area contributed by atoms with E-state index in [0.29, 0.717) is 5.69 Å². The fraction of sp³-hybridized carbons (Fsp3) is 0.0488. The number of nitrogens with zero attached hydrogens (tertiary/aromatic N) is 5. The molecule has 8 rings (SSSR count). The Bertz CT molecular complexity index is 1840. The summed E-state index contributed by atoms with van der Waals surface area (Å²) in [5.74, 6) is 0. The van der Waals surface area contributed by atoms with Gasteiger partial charge in [-0.1, -0.05) is 158 Å². The van der Waals surface area contributed by atoms with Crippen LogP contribution in [0.1, 0.15) is 33.5 Å². The van der Waals surface area contributed by atoms with Crippen molar-refractivity contribution in [3.8, 4) is 0 Å². The molecule has 0 amide bonds. The second kappa shape index (κ2) is 11.5. The summed E-state index contributed by atoms with van der Waals surface area (Å²) >= 11 is 0. The van der Waals surface area contributed by atoms with E-state index in [1.807, 2.05) is 109 Å². The Morgan fingerprint density at radius 2 is 0.630 bits per heavy atom. The maximum absolute atomic E-state index is 5.66. The van der Waals surface area contributed by atoms with E-state index in [0.717, 1.165) is 50.7 Å². The molecular formula is C41H29N5. The molecule has 2 aliphatic rings. The van der Waals surface area contributed by atoms with Gasteiger partial charge in [0.2, 0.25) is 11.3 Å². The zero-order chi connectivity index (χ0) is 30.8. The molecular weight excluding hydrogens is 562 g/mol. The van der Waals surface area contributed by atoms with Crippen LogP contribution in [0.5, 0.6) is 0 Å². The first-order chi connectivity index (χ1) is 22.8. The Morgan fingerprint density at radius 1 is 0.304 bits per heavy atom. The van der Waals surface area contributed by atoms with Crippen LogP contribution in [0, 0.1) is 0 Å². The highest BCUT2D eigenvalue weighted by atomic mass is 15.3. The lowest BCUT2D eigenvalue weighted by Gasteiger charge is -2.37. The molecule has 0 aliphatic carbocycles. The maximum Gasteiger partial charge on any atom is 0.243 e. The number of aromatic nitrogens is 1. The highest BCUT2D eigenvalue weighted by Gasteiger charge is 2.61. The van der Waals surface area contributed by atoms with E-state index in [4.69, 9.17) is 25.0 Å². The molecule has 1 aromatic heterocycles. The average Bonchev–Trinajstić information content (AvgIpc) is 3.77. The van der Waals surface area contributed by atoms with E-state index in [2.05, 4.69) is 60.7 Å². The molecule has 0 saturated carbocycles. The van der Waals surface area contributed by atoms with Crippen molar-refractivity contribution in [1.82, 2.24) is 4.98 Å². The normalized spacial score (nSPS) is 16.3. The van der Waals surface area contributed by atoms with Crippen LogP contribution >= 0.6 is 0 Å². The van der Waals surface area contributed by atoms with E-state index in [1.165, 1.54) is 0 Å². The molecule has 0 radical (unpaired) electrons. The van der Waals surface area contributed by atoms with Crippen molar-refractivity contribution in [3.63, 3.8) is 0 Å². The number of hydrogen-bond donors (Lipinski definition) is 0. The molecule has 0 fully saturated rings. The highest BCUT2D eigenvalue weighted by molar-refractivity contribution is 6.55. The standard InChI is InChI=1S/C41H29N5/c1-6-18-30(19-7-1)36-37(31-20-8-2-9-21-31)44-40(43-36,34-26-14-5-15-27-34)41(35-28-16-17-29-42-35)45-38(32-22-10-3-11-23-32)39(46-41)33-24-12-4-13-25-33/h1-29H. The zero-order valence-electron chi connectivity index (χ0n) is 25.0. The van der Waals surface area contributed by atoms with Crippen LogP contribution in [0.15, 0.2) is 196 Å². The Kier molecular flexibility index (Phi) is 6.84. The lowest BCUT2D eigenvalue weighted by atomic mass is 9.84. The minimum absolute atomic E-state index is 0.660. The zero-order valence-corrected chi connectivity index (χ0v) is 25.0. The Morgan fingerprint density at radius 3 is 0.978 bits per heavy atom. The number of hydrogen-bond acceptors (Lipinski definition) is 5. The largest absolute Gasteiger partial charge is 0.256 e. The van der Waals surface area contributed by atoms with Gasteiger partial charge in [-0.3, -0.25) is 4.98 Å². The number of pyridine rings is 1. The molecule has 5 aromatic carbocycles. The van der Waals surface area contributed by atoms with Gasteiger partial charge in [-0.2, -0.15) is 0 Å². The summed E-state index contributed by atoms with van der Waals surface area (Å²) < 4.78 is 0. The molecule has 0 saturated heterocycles. The first kappa shape index (κ1) is 27.5. The summed E-state index contributed by atoms with van der Waals surface area (Å²) in [6, 6.07) is 57.0. The first-order valence-electron chi connectivity index (χ1n) is 15.4. The third-order valence-electron chi connectivity index (χ3n) is 8.42. The fourth-order valence-electron chi connectivity index (χ4n) is 6.27. The Labute approximate surface area is 268 Å². The second-order valence-electron chi connectivity index (χ2n) is 11.2. The molecule has 6 aromatic rings. The van der Waals surface area contributed by atoms with E-state index in [9.17, 15) is 0 Å². The average molecular weight is 592 g/mol. The van der Waals surface area contributed by atoms with Crippen molar-refractivity contribution >= 4 is 22.8 Å². The van der Waals surface area contributed by atoms with Crippen LogP contribution in [0.2, 0.25) is 0 Å². The van der Waals surface area contributed by atoms with E-state index in [1.54, 1.807) is 6.20 Å². The van der Waals surface area contributed by atoms with Crippen LogP contribution in [0.25, 0.3) is 0 Å². The monoisotopic (exact) mass is 591 g/mol. The first-order valence-corrected chi connectivity index (χ1v) is 15.4. The molecule has 46 heavy (non-hydrogen) atoms. The molecule has 218 valence electrons. The number of benzene rings is 5. The highest BCUT2D eigenvalue weighted by Crippen LogP contribution is 2.53. The van der Waals surface area contributed by atoms with Gasteiger partial charge in [0.15, 0.2) is 0 Å². The Hall–Kier alpha value is -6.07. The summed E-state index contributed by atoms with van der Waals surface area (Å²) in [5, 5.41) is 0. The van der Waals surface area contributed by atoms with Gasteiger partial charge in [0.1, 0.15) is 0 Å². The quantitative estimate of drug-likeness (QED) is 0.185. The molecule has 0 unspecified atom stereocenters. The van der Waals surface area contributed by atoms with Gasteiger partial charge in [0, 0.05) is 34.0 Å². The third-order valence-corrected chi connectivity index (χ3v) is 8.42. The maximum atomic E-state index is 5.66. The van der Waals surface area contributed by atoms with Crippen molar-refractivity contribution < 1.29 is 0 Å². The van der Waals surface area contributed by atoms with Crippen LogP contribution in [0.3, 0.4) is 0 Å². The Balaban J connectivity index is 1.52. The predicted molar refractivity (Wildman–Crippen MR) is 186 cm³/mol. The summed E-state index contributed by atoms with van der Waals surface area (Å²) in [6.45, 7) is 0. The molecule has 2 aliphatic heterocycles. The molecule has 0 atom stereocenters. The van der Waals surface area contributed by atoms with Gasteiger partial charge < -0.3 is 0 Å². The van der Waals surface area contributed by atoms with E-state index >= 15 is 0 Å². The molecule has 5 nitrogen and oxygen atoms in total. The topological polar surface area (TPSA) is 62.3 Å². The SMILES string of the molecule is c1ccc(C2=NC(c3ccccc3)(C3(c4ccccn4)N=C(c4ccccc4)C(c4ccccc4)=N3)N=C2c2ccccc2)cc1. The van der Waals surface area contributed by atoms with Crippen molar-refractivity contribution in [2.24, 2.45) is 20.0 Å². The van der Waals surface area contributed by atoms with Gasteiger partial charge >= 0.3 is 0 Å². The smallest absolute Gasteiger partial charge is 0.243 e. The van der Waals surface area contributed by atoms with E-state index in [-0.39, 0.29) is 0 Å². The number of rotatable bonds is 7. The molecule has 5 heteroatoms. The molecule has 0 spiro atoms. The summed E-state index contributed by atoms with van der Waals surface area (Å²) in [5.41, 5.74) is 5.80. The minimum Gasteiger partial charge on any atom is -0.256 e. The summed E-state index contributed by atoms with van der Waals surface area (Å²) in [4.78, 5) is 27.6. The van der Waals surface area contributed by atoms with Crippen molar-refractivity contribution in [1.29, 1.82) is 0 Å². The minimum atomic E-state index is -1.37. The van der Waals surface area contributed by atoms with Crippen molar-refractivity contribution in [3.05, 3.63) is 210 Å². The van der Waals surface area contributed by atoms with Gasteiger partial charge in [-0.05, 0) is 12.1 Å². The third kappa shape index (κ3) is 4.52. The lowest BCUT2D eigenvalue weighted by molar-refractivity contribution is 0.250. The van der Waals surface area contributed by atoms with Crippen molar-refractivity contribution in [2.75, 3.05) is 0 Å². The van der Waals surface area contributed by atoms with Crippen LogP contribution in [0.4, 0.5) is 0 Å². The number of aliphatic imine (C=N–C) groups is 4. The van der Waals surface area contributed by atoms with Gasteiger partial charge in [0.25, 0.3) is 0 Å². The summed E-state index contributed by atoms with van der Waals surface area (Å²) in [7, 11) is 0. The molecule has 0 bridgehead atoms. The van der Waals surface area contributed by atoms with Gasteiger partial charge in [-0.25, -0.2) is 20.0 Å². The van der Waals surface area contributed by atoms with Gasteiger partial charge in [-0.15, -0.1) is 0 Å². The fourth-order valence-corrected chi connectivity index (χ4v) is 6.27. The van der Waals surface area contributed by atoms with Crippen molar-refractivity contribution in [2.45, 2.75) is 11.3 Å². The van der Waals surface area contributed by atoms with E-state index < -0.39 is 11.3 Å². The molecule has 3 heterocycles. The predicted octanol–water partition coefficient (Wildman–Crippen LogP) is 8.07. The summed E-state index contributed by atoms with van der Waals surface area (Å²) in [6.07, 6.45) is 1.79. The van der Waals surface area contributed by atoms with Crippen LogP contribution < -0.4 is 0 Å². The van der Waals surface area contributed by atoms with Gasteiger partial charge in [0.05, 0.1) is 28.5 Å². The molecule has 0 N–H and O–H groups in total. The van der Waals surface area contributed by atoms with Crippen LogP contribution in [-0.2, 0) is 11.3 Å². The second-order valence-corrected chi connectivity index (χ2v) is 11.2.